The molecule has 0 fully saturated rings. The molecule has 0 atom stereocenters. The molecule has 0 unspecified atom stereocenters. The van der Waals surface area contributed by atoms with E-state index in [2.05, 4.69) is 16.9 Å². The molecule has 2 aromatic rings. The maximum absolute atomic E-state index is 11.9. The smallest absolute Gasteiger partial charge is 0.268 e. The van der Waals surface area contributed by atoms with Crippen LogP contribution in [0.5, 0.6) is 0 Å². The van der Waals surface area contributed by atoms with Gasteiger partial charge in [-0.1, -0.05) is 18.5 Å². The van der Waals surface area contributed by atoms with Gasteiger partial charge >= 0.3 is 0 Å². The molecule has 4 nitrogen and oxygen atoms in total. The molecule has 0 aliphatic heterocycles. The van der Waals surface area contributed by atoms with E-state index in [1.54, 1.807) is 11.3 Å². The van der Waals surface area contributed by atoms with Crippen LogP contribution in [0.25, 0.3) is 0 Å². The quantitative estimate of drug-likeness (QED) is 0.591. The predicted molar refractivity (Wildman–Crippen MR) is 81.4 cm³/mol. The molecule has 2 rings (SSSR count). The maximum Gasteiger partial charge on any atom is 0.268 e. The zero-order valence-corrected chi connectivity index (χ0v) is 13.4. The lowest BCUT2D eigenvalue weighted by atomic mass is 10.3. The number of hydrogen-bond acceptors (Lipinski definition) is 4. The summed E-state index contributed by atoms with van der Waals surface area (Å²) in [6, 6.07) is 0. The van der Waals surface area contributed by atoms with Crippen LogP contribution in [0.1, 0.15) is 24.0 Å². The number of thiazole rings is 1. The van der Waals surface area contributed by atoms with Gasteiger partial charge in [0.2, 0.25) is 0 Å². The Labute approximate surface area is 127 Å². The first kappa shape index (κ1) is 14.0. The van der Waals surface area contributed by atoms with Crippen LogP contribution >= 0.6 is 45.5 Å². The van der Waals surface area contributed by atoms with Gasteiger partial charge in [-0.3, -0.25) is 9.36 Å². The largest absolute Gasteiger partial charge is 0.292 e. The topological polar surface area (TPSA) is 47.8 Å². The summed E-state index contributed by atoms with van der Waals surface area (Å²) in [7, 11) is 0. The number of aromatic nitrogens is 3. The standard InChI is InChI=1S/C11H11ClIN3OS/c1-2-3-8-15-7(5-18-8)4-16-6-14-10(12)9(13)11(16)17/h5-6H,2-4H2,1H3. The van der Waals surface area contributed by atoms with Crippen molar-refractivity contribution in [3.8, 4) is 0 Å². The van der Waals surface area contributed by atoms with Crippen LogP contribution in [-0.2, 0) is 13.0 Å². The van der Waals surface area contributed by atoms with Gasteiger partial charge in [0.1, 0.15) is 8.72 Å². The average molecular weight is 396 g/mol. The zero-order chi connectivity index (χ0) is 13.1. The van der Waals surface area contributed by atoms with Crippen molar-refractivity contribution in [3.05, 3.63) is 41.5 Å². The van der Waals surface area contributed by atoms with Crippen molar-refractivity contribution in [3.63, 3.8) is 0 Å². The summed E-state index contributed by atoms with van der Waals surface area (Å²) in [4.78, 5) is 20.4. The normalized spacial score (nSPS) is 10.8. The second kappa shape index (κ2) is 6.12. The Morgan fingerprint density at radius 3 is 3.06 bits per heavy atom. The van der Waals surface area contributed by atoms with Crippen LogP contribution in [0.2, 0.25) is 5.15 Å². The van der Waals surface area contributed by atoms with Gasteiger partial charge in [-0.2, -0.15) is 0 Å². The fourth-order valence-electron chi connectivity index (χ4n) is 1.48. The van der Waals surface area contributed by atoms with Crippen LogP contribution in [0.3, 0.4) is 0 Å². The highest BCUT2D eigenvalue weighted by Gasteiger charge is 2.08. The molecule has 0 aromatic carbocycles. The van der Waals surface area contributed by atoms with E-state index in [4.69, 9.17) is 11.6 Å². The third-order valence-corrected chi connectivity index (χ3v) is 4.87. The second-order valence-corrected chi connectivity index (χ2v) is 6.14. The molecule has 2 aromatic heterocycles. The van der Waals surface area contributed by atoms with Gasteiger partial charge in [0.05, 0.1) is 23.6 Å². The summed E-state index contributed by atoms with van der Waals surface area (Å²) >= 11 is 9.33. The predicted octanol–water partition coefficient (Wildman–Crippen LogP) is 2.96. The lowest BCUT2D eigenvalue weighted by Crippen LogP contribution is -2.23. The molecular weight excluding hydrogens is 385 g/mol. The van der Waals surface area contributed by atoms with E-state index in [9.17, 15) is 4.79 Å². The third-order valence-electron chi connectivity index (χ3n) is 2.34. The van der Waals surface area contributed by atoms with Crippen molar-refractivity contribution in [2.75, 3.05) is 0 Å². The zero-order valence-electron chi connectivity index (χ0n) is 9.69. The molecule has 0 amide bonds. The summed E-state index contributed by atoms with van der Waals surface area (Å²) in [5.74, 6) is 0. The van der Waals surface area contributed by atoms with Gasteiger partial charge in [-0.15, -0.1) is 11.3 Å². The van der Waals surface area contributed by atoms with E-state index in [0.29, 0.717) is 10.1 Å². The van der Waals surface area contributed by atoms with E-state index in [1.165, 1.54) is 10.9 Å². The Hall–Kier alpha value is -0.470. The van der Waals surface area contributed by atoms with Crippen molar-refractivity contribution in [1.29, 1.82) is 0 Å². The minimum Gasteiger partial charge on any atom is -0.292 e. The maximum atomic E-state index is 11.9. The Kier molecular flexibility index (Phi) is 4.74. The fraction of sp³-hybridized carbons (Fsp3) is 0.364. The molecule has 0 N–H and O–H groups in total. The molecule has 0 saturated carbocycles. The molecule has 0 spiro atoms. The van der Waals surface area contributed by atoms with Crippen LogP contribution in [-0.4, -0.2) is 14.5 Å². The van der Waals surface area contributed by atoms with E-state index < -0.39 is 0 Å². The van der Waals surface area contributed by atoms with Gasteiger partial charge in [0.15, 0.2) is 0 Å². The number of aryl methyl sites for hydroxylation is 1. The highest BCUT2D eigenvalue weighted by Crippen LogP contribution is 2.13. The molecule has 18 heavy (non-hydrogen) atoms. The lowest BCUT2D eigenvalue weighted by molar-refractivity contribution is 0.713. The van der Waals surface area contributed by atoms with Gasteiger partial charge in [0.25, 0.3) is 5.56 Å². The summed E-state index contributed by atoms with van der Waals surface area (Å²) < 4.78 is 1.97. The molecule has 0 aliphatic rings. The van der Waals surface area contributed by atoms with Crippen LogP contribution in [0.15, 0.2) is 16.5 Å². The molecule has 96 valence electrons. The number of halogens is 2. The van der Waals surface area contributed by atoms with Crippen molar-refractivity contribution >= 4 is 45.5 Å². The molecule has 0 radical (unpaired) electrons. The number of rotatable bonds is 4. The van der Waals surface area contributed by atoms with Gasteiger partial charge in [-0.05, 0) is 35.4 Å². The summed E-state index contributed by atoms with van der Waals surface area (Å²) in [5.41, 5.74) is 0.770. The Morgan fingerprint density at radius 1 is 1.56 bits per heavy atom. The number of hydrogen-bond donors (Lipinski definition) is 0. The molecule has 7 heteroatoms. The minimum atomic E-state index is -0.124. The highest BCUT2D eigenvalue weighted by molar-refractivity contribution is 14.1. The van der Waals surface area contributed by atoms with Gasteiger partial charge < -0.3 is 0 Å². The average Bonchev–Trinajstić information content (AvgIpc) is 2.78. The van der Waals surface area contributed by atoms with Crippen molar-refractivity contribution in [2.45, 2.75) is 26.3 Å². The summed E-state index contributed by atoms with van der Waals surface area (Å²) in [6.45, 7) is 2.57. The lowest BCUT2D eigenvalue weighted by Gasteiger charge is -2.03. The SMILES string of the molecule is CCCc1nc(Cn2cnc(Cl)c(I)c2=O)cs1. The highest BCUT2D eigenvalue weighted by atomic mass is 127. The van der Waals surface area contributed by atoms with Gasteiger partial charge in [-0.25, -0.2) is 9.97 Å². The van der Waals surface area contributed by atoms with Crippen molar-refractivity contribution in [2.24, 2.45) is 0 Å². The first-order chi connectivity index (χ1) is 8.61. The third kappa shape index (κ3) is 3.10. The van der Waals surface area contributed by atoms with E-state index in [-0.39, 0.29) is 10.7 Å². The Bertz CT molecular complexity index is 611. The summed E-state index contributed by atoms with van der Waals surface area (Å²) in [6.07, 6.45) is 3.52. The fourth-order valence-corrected chi connectivity index (χ4v) is 2.95. The van der Waals surface area contributed by atoms with Crippen molar-refractivity contribution < 1.29 is 0 Å². The van der Waals surface area contributed by atoms with E-state index in [1.807, 2.05) is 28.0 Å². The first-order valence-corrected chi connectivity index (χ1v) is 7.79. The molecular formula is C11H11ClIN3OS. The minimum absolute atomic E-state index is 0.124. The molecule has 2 heterocycles. The first-order valence-electron chi connectivity index (χ1n) is 5.45. The number of nitrogens with zero attached hydrogens (tertiary/aromatic N) is 3. The van der Waals surface area contributed by atoms with Gasteiger partial charge in [0, 0.05) is 5.38 Å². The summed E-state index contributed by atoms with van der Waals surface area (Å²) in [5, 5.41) is 3.35. The Morgan fingerprint density at radius 2 is 2.33 bits per heavy atom. The second-order valence-electron chi connectivity index (χ2n) is 3.76. The van der Waals surface area contributed by atoms with Crippen LogP contribution < -0.4 is 5.56 Å². The van der Waals surface area contributed by atoms with E-state index >= 15 is 0 Å². The molecule has 0 aliphatic carbocycles. The van der Waals surface area contributed by atoms with Crippen LogP contribution in [0, 0.1) is 3.57 Å². The monoisotopic (exact) mass is 395 g/mol. The Balaban J connectivity index is 2.23. The van der Waals surface area contributed by atoms with Crippen molar-refractivity contribution in [1.82, 2.24) is 14.5 Å². The van der Waals surface area contributed by atoms with Crippen LogP contribution in [0.4, 0.5) is 0 Å². The van der Waals surface area contributed by atoms with E-state index in [0.717, 1.165) is 23.5 Å². The molecule has 0 bridgehead atoms. The molecule has 0 saturated heterocycles.